The minimum absolute atomic E-state index is 0.0896. The number of nitrogens with zero attached hydrogens (tertiary/aromatic N) is 3. The van der Waals surface area contributed by atoms with Crippen LogP contribution in [0.15, 0.2) is 33.6 Å². The molecule has 0 aliphatic heterocycles. The lowest BCUT2D eigenvalue weighted by Crippen LogP contribution is -2.26. The number of rotatable bonds is 9. The fourth-order valence-corrected chi connectivity index (χ4v) is 2.64. The summed E-state index contributed by atoms with van der Waals surface area (Å²) in [7, 11) is 0. The van der Waals surface area contributed by atoms with E-state index in [1.807, 2.05) is 18.2 Å². The van der Waals surface area contributed by atoms with E-state index in [4.69, 9.17) is 16.1 Å². The second-order valence-electron chi connectivity index (χ2n) is 5.82. The molecule has 0 radical (unpaired) electrons. The van der Waals surface area contributed by atoms with Crippen molar-refractivity contribution in [2.45, 2.75) is 25.1 Å². The third kappa shape index (κ3) is 5.04. The highest BCUT2D eigenvalue weighted by Gasteiger charge is 2.08. The predicted octanol–water partition coefficient (Wildman–Crippen LogP) is 1.60. The molecule has 0 unspecified atom stereocenters. The number of benzene rings is 1. The number of nitrogens with one attached hydrogen (secondary N) is 3. The van der Waals surface area contributed by atoms with Gasteiger partial charge in [-0.1, -0.05) is 23.4 Å². The van der Waals surface area contributed by atoms with E-state index in [1.165, 1.54) is 0 Å². The molecule has 10 heteroatoms. The molecule has 0 fully saturated rings. The van der Waals surface area contributed by atoms with Gasteiger partial charge in [-0.2, -0.15) is 10.1 Å². The molecule has 9 nitrogen and oxygen atoms in total. The summed E-state index contributed by atoms with van der Waals surface area (Å²) in [5, 5.41) is 17.5. The van der Waals surface area contributed by atoms with Gasteiger partial charge in [0, 0.05) is 31.3 Å². The van der Waals surface area contributed by atoms with Crippen molar-refractivity contribution in [2.24, 2.45) is 0 Å². The Bertz CT molecular complexity index is 970. The average molecular weight is 391 g/mol. The van der Waals surface area contributed by atoms with Gasteiger partial charge in [0.05, 0.1) is 11.3 Å². The van der Waals surface area contributed by atoms with E-state index >= 15 is 0 Å². The number of aryl methyl sites for hydroxylation is 1. The Balaban J connectivity index is 1.39. The first-order valence-corrected chi connectivity index (χ1v) is 9.06. The quantitative estimate of drug-likeness (QED) is 0.374. The molecule has 1 aromatic carbocycles. The Kier molecular flexibility index (Phi) is 6.37. The van der Waals surface area contributed by atoms with Crippen molar-refractivity contribution >= 4 is 34.1 Å². The molecule has 2 heterocycles. The van der Waals surface area contributed by atoms with E-state index < -0.39 is 0 Å². The number of alkyl halides is 1. The van der Waals surface area contributed by atoms with Crippen molar-refractivity contribution in [1.29, 1.82) is 0 Å². The summed E-state index contributed by atoms with van der Waals surface area (Å²) in [6.45, 7) is 1.12. The molecular formula is C17H19ClN6O3. The maximum atomic E-state index is 11.8. The number of carbonyl (C=O) groups excluding carboxylic acids is 1. The highest BCUT2D eigenvalue weighted by Crippen LogP contribution is 2.16. The van der Waals surface area contributed by atoms with Crippen LogP contribution in [-0.2, 0) is 17.1 Å². The fraction of sp³-hybridized carbons (Fsp3) is 0.353. The molecule has 3 aromatic rings. The number of anilines is 1. The molecule has 0 spiro atoms. The second-order valence-corrected chi connectivity index (χ2v) is 6.08. The van der Waals surface area contributed by atoms with Crippen LogP contribution in [0, 0.1) is 0 Å². The van der Waals surface area contributed by atoms with Gasteiger partial charge in [-0.15, -0.1) is 11.6 Å². The van der Waals surface area contributed by atoms with Gasteiger partial charge in [-0.05, 0) is 12.5 Å². The number of halogens is 1. The SMILES string of the molecule is O=C(CCc1nc(CCl)no1)NCCCNc1n[nH]c(=O)c2ccccc12. The minimum Gasteiger partial charge on any atom is -0.368 e. The van der Waals surface area contributed by atoms with Gasteiger partial charge in [0.15, 0.2) is 11.6 Å². The standard InChI is InChI=1S/C17H19ClN6O3/c18-10-13-21-15(27-24-13)7-6-14(25)19-8-3-9-20-16-11-4-1-2-5-12(11)17(26)23-22-16/h1-2,4-5H,3,6-10H2,(H,19,25)(H,20,22)(H,23,26). The summed E-state index contributed by atoms with van der Waals surface area (Å²) in [5.41, 5.74) is -0.220. The zero-order chi connectivity index (χ0) is 19.1. The van der Waals surface area contributed by atoms with Crippen LogP contribution >= 0.6 is 11.6 Å². The van der Waals surface area contributed by atoms with E-state index in [0.717, 1.165) is 5.39 Å². The molecule has 27 heavy (non-hydrogen) atoms. The zero-order valence-electron chi connectivity index (χ0n) is 14.5. The van der Waals surface area contributed by atoms with Gasteiger partial charge in [-0.3, -0.25) is 9.59 Å². The first kappa shape index (κ1) is 18.8. The lowest BCUT2D eigenvalue weighted by Gasteiger charge is -2.08. The third-order valence-electron chi connectivity index (χ3n) is 3.86. The molecule has 0 aliphatic rings. The lowest BCUT2D eigenvalue weighted by atomic mass is 10.2. The molecule has 142 valence electrons. The molecule has 0 bridgehead atoms. The van der Waals surface area contributed by atoms with E-state index in [0.29, 0.717) is 48.9 Å². The van der Waals surface area contributed by atoms with Gasteiger partial charge < -0.3 is 15.2 Å². The second kappa shape index (κ2) is 9.13. The van der Waals surface area contributed by atoms with Crippen molar-refractivity contribution in [3.63, 3.8) is 0 Å². The summed E-state index contributed by atoms with van der Waals surface area (Å²) in [5.74, 6) is 1.53. The van der Waals surface area contributed by atoms with Crippen LogP contribution in [0.25, 0.3) is 10.8 Å². The smallest absolute Gasteiger partial charge is 0.272 e. The Morgan fingerprint density at radius 3 is 2.81 bits per heavy atom. The predicted molar refractivity (Wildman–Crippen MR) is 101 cm³/mol. The van der Waals surface area contributed by atoms with Crippen molar-refractivity contribution in [1.82, 2.24) is 25.7 Å². The average Bonchev–Trinajstić information content (AvgIpc) is 3.16. The molecule has 2 aromatic heterocycles. The Hall–Kier alpha value is -2.94. The number of fused-ring (bicyclic) bond motifs is 1. The third-order valence-corrected chi connectivity index (χ3v) is 4.10. The number of hydrogen-bond donors (Lipinski definition) is 3. The Morgan fingerprint density at radius 2 is 2.04 bits per heavy atom. The van der Waals surface area contributed by atoms with Crippen molar-refractivity contribution in [2.75, 3.05) is 18.4 Å². The molecular weight excluding hydrogens is 372 g/mol. The number of aromatic amines is 1. The highest BCUT2D eigenvalue weighted by molar-refractivity contribution is 6.16. The summed E-state index contributed by atoms with van der Waals surface area (Å²) in [6.07, 6.45) is 1.35. The highest BCUT2D eigenvalue weighted by atomic mass is 35.5. The Morgan fingerprint density at radius 1 is 1.22 bits per heavy atom. The number of carbonyl (C=O) groups is 1. The van der Waals surface area contributed by atoms with E-state index in [2.05, 4.69) is 31.0 Å². The number of hydrogen-bond acceptors (Lipinski definition) is 7. The molecule has 0 aliphatic carbocycles. The molecule has 3 rings (SSSR count). The van der Waals surface area contributed by atoms with Gasteiger partial charge >= 0.3 is 0 Å². The van der Waals surface area contributed by atoms with Gasteiger partial charge in [-0.25, -0.2) is 5.10 Å². The van der Waals surface area contributed by atoms with Crippen LogP contribution in [0.3, 0.4) is 0 Å². The van der Waals surface area contributed by atoms with Crippen LogP contribution in [0.1, 0.15) is 24.6 Å². The summed E-state index contributed by atoms with van der Waals surface area (Å²) in [6, 6.07) is 7.26. The van der Waals surface area contributed by atoms with Crippen molar-refractivity contribution < 1.29 is 9.32 Å². The molecule has 3 N–H and O–H groups in total. The van der Waals surface area contributed by atoms with Crippen LogP contribution < -0.4 is 16.2 Å². The van der Waals surface area contributed by atoms with E-state index in [1.54, 1.807) is 6.07 Å². The normalized spacial score (nSPS) is 10.9. The maximum absolute atomic E-state index is 11.8. The molecule has 1 amide bonds. The maximum Gasteiger partial charge on any atom is 0.272 e. The number of aromatic nitrogens is 4. The van der Waals surface area contributed by atoms with Crippen LogP contribution in [0.5, 0.6) is 0 Å². The lowest BCUT2D eigenvalue weighted by molar-refractivity contribution is -0.121. The number of amides is 1. The van der Waals surface area contributed by atoms with Crippen molar-refractivity contribution in [3.05, 3.63) is 46.3 Å². The minimum atomic E-state index is -0.220. The van der Waals surface area contributed by atoms with Gasteiger partial charge in [0.2, 0.25) is 11.8 Å². The van der Waals surface area contributed by atoms with Gasteiger partial charge in [0.1, 0.15) is 0 Å². The fourth-order valence-electron chi connectivity index (χ4n) is 2.53. The summed E-state index contributed by atoms with van der Waals surface area (Å²) in [4.78, 5) is 27.6. The van der Waals surface area contributed by atoms with E-state index in [-0.39, 0.29) is 23.8 Å². The van der Waals surface area contributed by atoms with Crippen LogP contribution in [0.2, 0.25) is 0 Å². The first-order chi connectivity index (χ1) is 13.2. The summed E-state index contributed by atoms with van der Waals surface area (Å²) >= 11 is 5.59. The monoisotopic (exact) mass is 390 g/mol. The first-order valence-electron chi connectivity index (χ1n) is 8.53. The van der Waals surface area contributed by atoms with Crippen LogP contribution in [0.4, 0.5) is 5.82 Å². The number of H-pyrrole nitrogens is 1. The van der Waals surface area contributed by atoms with E-state index in [9.17, 15) is 9.59 Å². The van der Waals surface area contributed by atoms with Crippen LogP contribution in [-0.4, -0.2) is 39.3 Å². The Labute approximate surface area is 159 Å². The van der Waals surface area contributed by atoms with Crippen molar-refractivity contribution in [3.8, 4) is 0 Å². The molecule has 0 saturated carbocycles. The summed E-state index contributed by atoms with van der Waals surface area (Å²) < 4.78 is 4.97. The molecule has 0 atom stereocenters. The zero-order valence-corrected chi connectivity index (χ0v) is 15.3. The largest absolute Gasteiger partial charge is 0.368 e. The topological polar surface area (TPSA) is 126 Å². The molecule has 0 saturated heterocycles. The van der Waals surface area contributed by atoms with Gasteiger partial charge in [0.25, 0.3) is 5.56 Å².